The molecule has 3 rings (SSSR count). The van der Waals surface area contributed by atoms with Crippen LogP contribution in [0.15, 0.2) is 17.5 Å². The third-order valence-electron chi connectivity index (χ3n) is 3.28. The molecule has 0 saturated carbocycles. The predicted molar refractivity (Wildman–Crippen MR) is 74.3 cm³/mol. The molecule has 0 fully saturated rings. The van der Waals surface area contributed by atoms with Crippen LogP contribution in [0.3, 0.4) is 0 Å². The minimum Gasteiger partial charge on any atom is -0.333 e. The lowest BCUT2D eigenvalue weighted by molar-refractivity contribution is 0.0729. The summed E-state index contributed by atoms with van der Waals surface area (Å²) >= 11 is 1.78. The largest absolute Gasteiger partial charge is 0.333 e. The van der Waals surface area contributed by atoms with E-state index in [-0.39, 0.29) is 5.91 Å². The normalized spacial score (nSPS) is 14.3. The minimum absolute atomic E-state index is 0.00505. The fraction of sp³-hybridized carbons (Fsp3) is 0.357. The summed E-state index contributed by atoms with van der Waals surface area (Å²) in [7, 11) is 0. The van der Waals surface area contributed by atoms with E-state index in [1.807, 2.05) is 18.7 Å². The molecule has 0 saturated heterocycles. The van der Waals surface area contributed by atoms with Crippen LogP contribution in [-0.4, -0.2) is 27.3 Å². The number of carbonyl (C=O) groups excluding carboxylic acids is 1. The lowest BCUT2D eigenvalue weighted by Crippen LogP contribution is -2.36. The number of nitrogens with zero attached hydrogens (tertiary/aromatic N) is 3. The van der Waals surface area contributed by atoms with Crippen LogP contribution >= 0.6 is 11.3 Å². The Bertz CT molecular complexity index is 615. The second-order valence-electron chi connectivity index (χ2n) is 4.79. The lowest BCUT2D eigenvalue weighted by atomic mass is 10.1. The average Bonchev–Trinajstić information content (AvgIpc) is 2.83. The minimum atomic E-state index is 0.00505. The summed E-state index contributed by atoms with van der Waals surface area (Å²) in [4.78, 5) is 24.2. The molecule has 1 aliphatic heterocycles. The first-order valence-corrected chi connectivity index (χ1v) is 7.18. The highest BCUT2D eigenvalue weighted by molar-refractivity contribution is 7.10. The van der Waals surface area contributed by atoms with Crippen molar-refractivity contribution in [2.45, 2.75) is 26.8 Å². The van der Waals surface area contributed by atoms with Crippen LogP contribution < -0.4 is 0 Å². The van der Waals surface area contributed by atoms with Gasteiger partial charge in [0.1, 0.15) is 11.5 Å². The number of carbonyl (C=O) groups is 1. The third-order valence-corrected chi connectivity index (χ3v) is 4.30. The predicted octanol–water partition coefficient (Wildman–Crippen LogP) is 2.35. The van der Waals surface area contributed by atoms with Crippen LogP contribution in [0.25, 0.3) is 0 Å². The zero-order chi connectivity index (χ0) is 13.4. The summed E-state index contributed by atoms with van der Waals surface area (Å²) in [5.41, 5.74) is 2.61. The van der Waals surface area contributed by atoms with Gasteiger partial charge >= 0.3 is 0 Å². The Morgan fingerprint density at radius 1 is 1.37 bits per heavy atom. The molecule has 0 unspecified atom stereocenters. The molecule has 0 N–H and O–H groups in total. The molecule has 5 heteroatoms. The van der Waals surface area contributed by atoms with Gasteiger partial charge in [-0.1, -0.05) is 0 Å². The maximum absolute atomic E-state index is 12.5. The van der Waals surface area contributed by atoms with Crippen LogP contribution in [0, 0.1) is 13.8 Å². The monoisotopic (exact) mass is 273 g/mol. The van der Waals surface area contributed by atoms with Gasteiger partial charge in [-0.2, -0.15) is 0 Å². The van der Waals surface area contributed by atoms with E-state index in [9.17, 15) is 4.79 Å². The number of hydrogen-bond acceptors (Lipinski definition) is 4. The van der Waals surface area contributed by atoms with Gasteiger partial charge in [0.05, 0.1) is 0 Å². The molecule has 1 amide bonds. The molecule has 3 heterocycles. The van der Waals surface area contributed by atoms with Gasteiger partial charge in [-0.3, -0.25) is 4.79 Å². The Labute approximate surface area is 116 Å². The van der Waals surface area contributed by atoms with Crippen molar-refractivity contribution in [3.05, 3.63) is 45.2 Å². The smallest absolute Gasteiger partial charge is 0.272 e. The van der Waals surface area contributed by atoms with E-state index in [1.54, 1.807) is 17.4 Å². The Morgan fingerprint density at radius 3 is 3.00 bits per heavy atom. The Hall–Kier alpha value is -1.75. The van der Waals surface area contributed by atoms with Crippen molar-refractivity contribution in [1.29, 1.82) is 0 Å². The quantitative estimate of drug-likeness (QED) is 0.801. The summed E-state index contributed by atoms with van der Waals surface area (Å²) in [6.07, 6.45) is 0.946. The number of fused-ring (bicyclic) bond motifs is 1. The Kier molecular flexibility index (Phi) is 3.06. The number of aryl methyl sites for hydroxylation is 2. The highest BCUT2D eigenvalue weighted by Gasteiger charge is 2.23. The van der Waals surface area contributed by atoms with Crippen LogP contribution in [0.5, 0.6) is 0 Å². The van der Waals surface area contributed by atoms with E-state index in [2.05, 4.69) is 21.4 Å². The third kappa shape index (κ3) is 2.38. The number of hydrogen-bond donors (Lipinski definition) is 0. The highest BCUT2D eigenvalue weighted by Crippen LogP contribution is 2.24. The number of aromatic nitrogens is 2. The first kappa shape index (κ1) is 12.3. The zero-order valence-corrected chi connectivity index (χ0v) is 11.8. The Morgan fingerprint density at radius 2 is 2.21 bits per heavy atom. The van der Waals surface area contributed by atoms with Crippen molar-refractivity contribution in [2.75, 3.05) is 6.54 Å². The molecule has 1 aliphatic rings. The van der Waals surface area contributed by atoms with Gasteiger partial charge in [-0.25, -0.2) is 9.97 Å². The first-order chi connectivity index (χ1) is 9.13. The van der Waals surface area contributed by atoms with E-state index < -0.39 is 0 Å². The van der Waals surface area contributed by atoms with Crippen molar-refractivity contribution in [3.63, 3.8) is 0 Å². The molecule has 0 radical (unpaired) electrons. The molecular weight excluding hydrogens is 258 g/mol. The summed E-state index contributed by atoms with van der Waals surface area (Å²) in [6, 6.07) is 3.87. The fourth-order valence-electron chi connectivity index (χ4n) is 2.41. The van der Waals surface area contributed by atoms with E-state index in [1.165, 1.54) is 10.4 Å². The molecule has 0 bridgehead atoms. The Balaban J connectivity index is 1.85. The maximum Gasteiger partial charge on any atom is 0.272 e. The van der Waals surface area contributed by atoms with Crippen LogP contribution in [0.1, 0.15) is 32.4 Å². The first-order valence-electron chi connectivity index (χ1n) is 6.30. The standard InChI is InChI=1S/C14H15N3OS/c1-9-7-12(16-10(2)15-9)14(18)17-5-3-13-11(8-17)4-6-19-13/h4,6-7H,3,5,8H2,1-2H3. The number of thiophene rings is 1. The van der Waals surface area contributed by atoms with E-state index >= 15 is 0 Å². The van der Waals surface area contributed by atoms with Gasteiger partial charge in [-0.15, -0.1) is 11.3 Å². The summed E-state index contributed by atoms with van der Waals surface area (Å²) in [6.45, 7) is 5.17. The molecule has 0 atom stereocenters. The SMILES string of the molecule is Cc1cc(C(=O)N2CCc3sccc3C2)nc(C)n1. The van der Waals surface area contributed by atoms with Crippen LogP contribution in [0.4, 0.5) is 0 Å². The number of rotatable bonds is 1. The molecule has 19 heavy (non-hydrogen) atoms. The molecule has 98 valence electrons. The van der Waals surface area contributed by atoms with E-state index in [0.29, 0.717) is 18.1 Å². The van der Waals surface area contributed by atoms with Crippen LogP contribution in [-0.2, 0) is 13.0 Å². The maximum atomic E-state index is 12.5. The van der Waals surface area contributed by atoms with E-state index in [4.69, 9.17) is 0 Å². The van der Waals surface area contributed by atoms with Crippen molar-refractivity contribution in [1.82, 2.24) is 14.9 Å². The second kappa shape index (κ2) is 4.74. The van der Waals surface area contributed by atoms with Gasteiger partial charge in [0.25, 0.3) is 5.91 Å². The second-order valence-corrected chi connectivity index (χ2v) is 5.79. The number of amides is 1. The highest BCUT2D eigenvalue weighted by atomic mass is 32.1. The summed E-state index contributed by atoms with van der Waals surface area (Å²) in [5, 5.41) is 2.09. The van der Waals surface area contributed by atoms with Gasteiger partial charge in [0.15, 0.2) is 0 Å². The van der Waals surface area contributed by atoms with Crippen molar-refractivity contribution in [3.8, 4) is 0 Å². The molecule has 2 aromatic rings. The van der Waals surface area contributed by atoms with Crippen molar-refractivity contribution < 1.29 is 4.79 Å². The molecule has 2 aromatic heterocycles. The van der Waals surface area contributed by atoms with Crippen LogP contribution in [0.2, 0.25) is 0 Å². The van der Waals surface area contributed by atoms with Crippen molar-refractivity contribution in [2.24, 2.45) is 0 Å². The summed E-state index contributed by atoms with van der Waals surface area (Å²) in [5.74, 6) is 0.655. The lowest BCUT2D eigenvalue weighted by Gasteiger charge is -2.26. The average molecular weight is 273 g/mol. The summed E-state index contributed by atoms with van der Waals surface area (Å²) < 4.78 is 0. The molecule has 4 nitrogen and oxygen atoms in total. The molecular formula is C14H15N3OS. The molecule has 0 aliphatic carbocycles. The molecule has 0 spiro atoms. The van der Waals surface area contributed by atoms with Gasteiger partial charge in [-0.05, 0) is 43.3 Å². The van der Waals surface area contributed by atoms with E-state index in [0.717, 1.165) is 18.7 Å². The van der Waals surface area contributed by atoms with Gasteiger partial charge in [0.2, 0.25) is 0 Å². The van der Waals surface area contributed by atoms with Gasteiger partial charge < -0.3 is 4.90 Å². The topological polar surface area (TPSA) is 46.1 Å². The van der Waals surface area contributed by atoms with Crippen molar-refractivity contribution >= 4 is 17.2 Å². The fourth-order valence-corrected chi connectivity index (χ4v) is 3.30. The molecule has 0 aromatic carbocycles. The zero-order valence-electron chi connectivity index (χ0n) is 11.0. The van der Waals surface area contributed by atoms with Gasteiger partial charge in [0, 0.05) is 23.7 Å².